The first-order valence-electron chi connectivity index (χ1n) is 10.3. The molecule has 1 unspecified atom stereocenters. The van der Waals surface area contributed by atoms with Crippen molar-refractivity contribution in [2.24, 2.45) is 0 Å². The van der Waals surface area contributed by atoms with Crippen LogP contribution in [-0.4, -0.2) is 5.11 Å². The molecule has 3 rings (SSSR count). The molecule has 1 N–H and O–H groups in total. The van der Waals surface area contributed by atoms with Crippen LogP contribution in [-0.2, 0) is 6.42 Å². The van der Waals surface area contributed by atoms with Crippen LogP contribution < -0.4 is 4.74 Å². The molecule has 0 radical (unpaired) electrons. The lowest BCUT2D eigenvalue weighted by atomic mass is 10.0. The Morgan fingerprint density at radius 3 is 2.40 bits per heavy atom. The lowest BCUT2D eigenvalue weighted by Gasteiger charge is -2.15. The number of hydrogen-bond donors (Lipinski definition) is 1. The molecule has 1 atom stereocenters. The first kappa shape index (κ1) is 21.4. The zero-order valence-corrected chi connectivity index (χ0v) is 17.5. The van der Waals surface area contributed by atoms with Gasteiger partial charge in [-0.05, 0) is 49.1 Å². The van der Waals surface area contributed by atoms with E-state index in [2.05, 4.69) is 25.1 Å². The number of aryl methyl sites for hydroxylation is 2. The zero-order chi connectivity index (χ0) is 21.3. The van der Waals surface area contributed by atoms with E-state index in [1.807, 2.05) is 49.4 Å². The van der Waals surface area contributed by atoms with Crippen molar-refractivity contribution in [2.75, 3.05) is 0 Å². The SMILES string of the molecule is CCCCc1ccc(/C(=C/C(O)c2ccc(C)cc2)Oc2ccccc2C#N)cc1. The van der Waals surface area contributed by atoms with Crippen LogP contribution in [0.3, 0.4) is 0 Å². The molecule has 0 aliphatic carbocycles. The average molecular weight is 398 g/mol. The summed E-state index contributed by atoms with van der Waals surface area (Å²) in [6.45, 7) is 4.20. The summed E-state index contributed by atoms with van der Waals surface area (Å²) in [7, 11) is 0. The third-order valence-electron chi connectivity index (χ3n) is 5.01. The van der Waals surface area contributed by atoms with Gasteiger partial charge in [0.25, 0.3) is 0 Å². The highest BCUT2D eigenvalue weighted by Gasteiger charge is 2.13. The molecule has 0 saturated heterocycles. The van der Waals surface area contributed by atoms with Crippen LogP contribution >= 0.6 is 0 Å². The number of benzene rings is 3. The molecule has 3 nitrogen and oxygen atoms in total. The molecule has 0 amide bonds. The van der Waals surface area contributed by atoms with E-state index in [0.29, 0.717) is 17.1 Å². The zero-order valence-electron chi connectivity index (χ0n) is 17.5. The fraction of sp³-hybridized carbons (Fsp3) is 0.222. The third kappa shape index (κ3) is 5.59. The van der Waals surface area contributed by atoms with Crippen molar-refractivity contribution in [3.8, 4) is 11.8 Å². The number of ether oxygens (including phenoxy) is 1. The van der Waals surface area contributed by atoms with Crippen LogP contribution in [0, 0.1) is 18.3 Å². The number of aliphatic hydroxyl groups excluding tert-OH is 1. The summed E-state index contributed by atoms with van der Waals surface area (Å²) < 4.78 is 6.14. The van der Waals surface area contributed by atoms with Gasteiger partial charge in [0.15, 0.2) is 0 Å². The van der Waals surface area contributed by atoms with Gasteiger partial charge in [0.1, 0.15) is 23.7 Å². The summed E-state index contributed by atoms with van der Waals surface area (Å²) in [5, 5.41) is 20.2. The highest BCUT2D eigenvalue weighted by atomic mass is 16.5. The summed E-state index contributed by atoms with van der Waals surface area (Å²) in [5.74, 6) is 0.991. The Kier molecular flexibility index (Phi) is 7.43. The molecule has 30 heavy (non-hydrogen) atoms. The molecule has 0 saturated carbocycles. The molecule has 152 valence electrons. The summed E-state index contributed by atoms with van der Waals surface area (Å²) in [4.78, 5) is 0. The van der Waals surface area contributed by atoms with E-state index >= 15 is 0 Å². The number of nitriles is 1. The van der Waals surface area contributed by atoms with Gasteiger partial charge in [0.05, 0.1) is 5.56 Å². The molecule has 3 heteroatoms. The predicted molar refractivity (Wildman–Crippen MR) is 121 cm³/mol. The minimum atomic E-state index is -0.824. The molecule has 3 aromatic rings. The van der Waals surface area contributed by atoms with Gasteiger partial charge in [-0.25, -0.2) is 0 Å². The Labute approximate surface area is 178 Å². The summed E-state index contributed by atoms with van der Waals surface area (Å²) in [6, 6.07) is 25.2. The van der Waals surface area contributed by atoms with Gasteiger partial charge in [-0.1, -0.05) is 79.6 Å². The second-order valence-electron chi connectivity index (χ2n) is 7.40. The Balaban J connectivity index is 1.95. The van der Waals surface area contributed by atoms with Crippen LogP contribution in [0.25, 0.3) is 5.76 Å². The van der Waals surface area contributed by atoms with E-state index in [1.54, 1.807) is 24.3 Å². The van der Waals surface area contributed by atoms with E-state index < -0.39 is 6.10 Å². The van der Waals surface area contributed by atoms with Crippen LogP contribution in [0.15, 0.2) is 78.9 Å². The summed E-state index contributed by atoms with van der Waals surface area (Å²) in [6.07, 6.45) is 4.22. The van der Waals surface area contributed by atoms with Crippen molar-refractivity contribution in [3.63, 3.8) is 0 Å². The summed E-state index contributed by atoms with van der Waals surface area (Å²) >= 11 is 0. The third-order valence-corrected chi connectivity index (χ3v) is 5.01. The number of para-hydroxylation sites is 1. The molecule has 0 aliphatic heterocycles. The molecule has 3 aromatic carbocycles. The van der Waals surface area contributed by atoms with Gasteiger partial charge in [0.2, 0.25) is 0 Å². The minimum absolute atomic E-state index is 0.452. The van der Waals surface area contributed by atoms with Crippen molar-refractivity contribution >= 4 is 5.76 Å². The van der Waals surface area contributed by atoms with Crippen molar-refractivity contribution in [3.05, 3.63) is 107 Å². The van der Waals surface area contributed by atoms with Crippen LogP contribution in [0.2, 0.25) is 0 Å². The maximum atomic E-state index is 10.8. The molecule has 0 aliphatic rings. The highest BCUT2D eigenvalue weighted by Crippen LogP contribution is 2.28. The van der Waals surface area contributed by atoms with Gasteiger partial charge < -0.3 is 9.84 Å². The Morgan fingerprint density at radius 2 is 1.73 bits per heavy atom. The highest BCUT2D eigenvalue weighted by molar-refractivity contribution is 5.64. The fourth-order valence-electron chi connectivity index (χ4n) is 3.18. The number of rotatable bonds is 8. The van der Waals surface area contributed by atoms with Crippen molar-refractivity contribution in [1.82, 2.24) is 0 Å². The van der Waals surface area contributed by atoms with Crippen molar-refractivity contribution < 1.29 is 9.84 Å². The van der Waals surface area contributed by atoms with Gasteiger partial charge in [-0.3, -0.25) is 0 Å². The maximum absolute atomic E-state index is 10.8. The number of aliphatic hydroxyl groups is 1. The van der Waals surface area contributed by atoms with E-state index in [0.717, 1.165) is 36.0 Å². The summed E-state index contributed by atoms with van der Waals surface area (Å²) in [5.41, 5.74) is 4.50. The first-order chi connectivity index (χ1) is 14.6. The van der Waals surface area contributed by atoms with Gasteiger partial charge in [-0.15, -0.1) is 0 Å². The van der Waals surface area contributed by atoms with Gasteiger partial charge in [-0.2, -0.15) is 5.26 Å². The smallest absolute Gasteiger partial charge is 0.145 e. The van der Waals surface area contributed by atoms with E-state index in [4.69, 9.17) is 4.74 Å². The standard InChI is InChI=1S/C27H27NO2/c1-3-4-7-21-12-16-23(17-13-21)27(30-26-9-6-5-8-24(26)19-28)18-25(29)22-14-10-20(2)11-15-22/h5-6,8-18,25,29H,3-4,7H2,1-2H3/b27-18-. The van der Waals surface area contributed by atoms with Crippen molar-refractivity contribution in [2.45, 2.75) is 39.2 Å². The van der Waals surface area contributed by atoms with Crippen LogP contribution in [0.1, 0.15) is 53.7 Å². The molecule has 0 spiro atoms. The normalized spacial score (nSPS) is 12.3. The molecular weight excluding hydrogens is 370 g/mol. The molecule has 0 bridgehead atoms. The number of unbranched alkanes of at least 4 members (excludes halogenated alkanes) is 1. The van der Waals surface area contributed by atoms with Crippen LogP contribution in [0.4, 0.5) is 0 Å². The predicted octanol–water partition coefficient (Wildman–Crippen LogP) is 6.36. The van der Waals surface area contributed by atoms with E-state index in [9.17, 15) is 10.4 Å². The van der Waals surface area contributed by atoms with Crippen LogP contribution in [0.5, 0.6) is 5.75 Å². The Morgan fingerprint density at radius 1 is 1.03 bits per heavy atom. The second kappa shape index (κ2) is 10.4. The van der Waals surface area contributed by atoms with Gasteiger partial charge in [0, 0.05) is 5.56 Å². The molecule has 0 heterocycles. The average Bonchev–Trinajstić information content (AvgIpc) is 2.78. The molecule has 0 fully saturated rings. The fourth-order valence-corrected chi connectivity index (χ4v) is 3.18. The van der Waals surface area contributed by atoms with Crippen molar-refractivity contribution in [1.29, 1.82) is 5.26 Å². The van der Waals surface area contributed by atoms with Gasteiger partial charge >= 0.3 is 0 Å². The van der Waals surface area contributed by atoms with E-state index in [1.165, 1.54) is 5.56 Å². The minimum Gasteiger partial charge on any atom is -0.456 e. The Bertz CT molecular complexity index is 1030. The quantitative estimate of drug-likeness (QED) is 0.450. The number of nitrogens with zero attached hydrogens (tertiary/aromatic N) is 1. The monoisotopic (exact) mass is 397 g/mol. The second-order valence-corrected chi connectivity index (χ2v) is 7.40. The Hall–Kier alpha value is -3.35. The molecular formula is C27H27NO2. The number of hydrogen-bond acceptors (Lipinski definition) is 3. The first-order valence-corrected chi connectivity index (χ1v) is 10.3. The lowest BCUT2D eigenvalue weighted by molar-refractivity contribution is 0.227. The lowest BCUT2D eigenvalue weighted by Crippen LogP contribution is -2.02. The topological polar surface area (TPSA) is 53.2 Å². The maximum Gasteiger partial charge on any atom is 0.145 e. The molecule has 0 aromatic heterocycles. The largest absolute Gasteiger partial charge is 0.456 e. The van der Waals surface area contributed by atoms with E-state index in [-0.39, 0.29) is 0 Å².